The van der Waals surface area contributed by atoms with Crippen LogP contribution in [-0.4, -0.2) is 9.97 Å². The Bertz CT molecular complexity index is 844. The maximum atomic E-state index is 13.4. The molecule has 0 saturated heterocycles. The second kappa shape index (κ2) is 5.04. The molecule has 2 aromatic heterocycles. The van der Waals surface area contributed by atoms with E-state index in [0.717, 1.165) is 23.1 Å². The summed E-state index contributed by atoms with van der Waals surface area (Å²) in [7, 11) is 0. The van der Waals surface area contributed by atoms with Gasteiger partial charge in [0, 0.05) is 10.4 Å². The van der Waals surface area contributed by atoms with Crippen LogP contribution >= 0.6 is 22.9 Å². The largest absolute Gasteiger partial charge is 0.217 e. The van der Waals surface area contributed by atoms with Crippen LogP contribution in [-0.2, 0) is 12.8 Å². The fraction of sp³-hybridized carbons (Fsp3) is 0.250. The second-order valence-electron chi connectivity index (χ2n) is 5.24. The van der Waals surface area contributed by atoms with Crippen molar-refractivity contribution >= 4 is 33.2 Å². The standard InChI is InChI=1S/C16H12ClFN2S/c17-14-13-11-6-1-2-7-12(11)21-16(13)20-15(19-14)9-4-3-5-10(18)8-9/h3-5,8H,1-2,6-7H2. The number of aromatic nitrogens is 2. The first kappa shape index (κ1) is 13.2. The van der Waals surface area contributed by atoms with Crippen molar-refractivity contribution in [2.75, 3.05) is 0 Å². The predicted molar refractivity (Wildman–Crippen MR) is 84.5 cm³/mol. The van der Waals surface area contributed by atoms with Gasteiger partial charge in [0.15, 0.2) is 5.82 Å². The molecule has 0 bridgehead atoms. The van der Waals surface area contributed by atoms with E-state index in [2.05, 4.69) is 9.97 Å². The molecule has 0 amide bonds. The summed E-state index contributed by atoms with van der Waals surface area (Å²) in [5, 5.41) is 1.48. The quantitative estimate of drug-likeness (QED) is 0.588. The molecule has 0 fully saturated rings. The molecule has 0 unspecified atom stereocenters. The lowest BCUT2D eigenvalue weighted by atomic mass is 9.97. The predicted octanol–water partition coefficient (Wildman–Crippen LogP) is 5.03. The average molecular weight is 319 g/mol. The van der Waals surface area contributed by atoms with E-state index < -0.39 is 0 Å². The summed E-state index contributed by atoms with van der Waals surface area (Å²) in [6.07, 6.45) is 4.57. The fourth-order valence-corrected chi connectivity index (χ4v) is 4.47. The molecule has 1 aliphatic carbocycles. The molecule has 0 atom stereocenters. The number of benzene rings is 1. The molecular formula is C16H12ClFN2S. The molecule has 0 spiro atoms. The van der Waals surface area contributed by atoms with Gasteiger partial charge in [-0.1, -0.05) is 23.7 Å². The van der Waals surface area contributed by atoms with Gasteiger partial charge in [0.25, 0.3) is 0 Å². The topological polar surface area (TPSA) is 25.8 Å². The molecule has 3 aromatic rings. The van der Waals surface area contributed by atoms with Crippen LogP contribution in [0.4, 0.5) is 4.39 Å². The number of halogens is 2. The first-order valence-corrected chi connectivity index (χ1v) is 8.15. The van der Waals surface area contributed by atoms with Gasteiger partial charge < -0.3 is 0 Å². The van der Waals surface area contributed by atoms with Gasteiger partial charge in [-0.05, 0) is 43.4 Å². The third-order valence-corrected chi connectivity index (χ3v) is 5.31. The Morgan fingerprint density at radius 2 is 2.00 bits per heavy atom. The van der Waals surface area contributed by atoms with Crippen LogP contribution in [0, 0.1) is 5.82 Å². The van der Waals surface area contributed by atoms with E-state index in [-0.39, 0.29) is 5.82 Å². The summed E-state index contributed by atoms with van der Waals surface area (Å²) in [5.74, 6) is 0.198. The Morgan fingerprint density at radius 1 is 1.14 bits per heavy atom. The zero-order chi connectivity index (χ0) is 14.4. The third kappa shape index (κ3) is 2.23. The zero-order valence-corrected chi connectivity index (χ0v) is 12.8. The van der Waals surface area contributed by atoms with E-state index in [9.17, 15) is 4.39 Å². The molecule has 0 N–H and O–H groups in total. The Labute approximate surface area is 130 Å². The molecule has 1 aliphatic rings. The van der Waals surface area contributed by atoms with Crippen molar-refractivity contribution < 1.29 is 4.39 Å². The third-order valence-electron chi connectivity index (χ3n) is 3.85. The number of thiophene rings is 1. The summed E-state index contributed by atoms with van der Waals surface area (Å²) in [5.41, 5.74) is 1.97. The van der Waals surface area contributed by atoms with Crippen LogP contribution in [0.1, 0.15) is 23.3 Å². The smallest absolute Gasteiger partial charge is 0.162 e. The van der Waals surface area contributed by atoms with Crippen LogP contribution in [0.3, 0.4) is 0 Å². The van der Waals surface area contributed by atoms with E-state index in [4.69, 9.17) is 11.6 Å². The Morgan fingerprint density at radius 3 is 2.86 bits per heavy atom. The minimum absolute atomic E-state index is 0.294. The Balaban J connectivity index is 1.93. The monoisotopic (exact) mass is 318 g/mol. The number of hydrogen-bond donors (Lipinski definition) is 0. The zero-order valence-electron chi connectivity index (χ0n) is 11.2. The van der Waals surface area contributed by atoms with Crippen LogP contribution in [0.2, 0.25) is 5.15 Å². The first-order valence-electron chi connectivity index (χ1n) is 6.96. The van der Waals surface area contributed by atoms with Gasteiger partial charge in [-0.15, -0.1) is 11.3 Å². The van der Waals surface area contributed by atoms with E-state index in [1.807, 2.05) is 0 Å². The number of rotatable bonds is 1. The van der Waals surface area contributed by atoms with Crippen molar-refractivity contribution in [3.8, 4) is 11.4 Å². The van der Waals surface area contributed by atoms with Gasteiger partial charge in [-0.25, -0.2) is 14.4 Å². The van der Waals surface area contributed by atoms with Crippen molar-refractivity contribution in [2.24, 2.45) is 0 Å². The highest BCUT2D eigenvalue weighted by Crippen LogP contribution is 2.39. The Hall–Kier alpha value is -1.52. The lowest BCUT2D eigenvalue weighted by molar-refractivity contribution is 0.628. The molecule has 2 nitrogen and oxygen atoms in total. The maximum Gasteiger partial charge on any atom is 0.162 e. The highest BCUT2D eigenvalue weighted by Gasteiger charge is 2.20. The van der Waals surface area contributed by atoms with Crippen molar-refractivity contribution in [2.45, 2.75) is 25.7 Å². The lowest BCUT2D eigenvalue weighted by Crippen LogP contribution is -1.98. The highest BCUT2D eigenvalue weighted by atomic mass is 35.5. The van der Waals surface area contributed by atoms with E-state index in [1.165, 1.54) is 35.4 Å². The van der Waals surface area contributed by atoms with Gasteiger partial charge in [-0.2, -0.15) is 0 Å². The van der Waals surface area contributed by atoms with Crippen molar-refractivity contribution in [3.63, 3.8) is 0 Å². The molecule has 106 valence electrons. The SMILES string of the molecule is Fc1cccc(-c2nc(Cl)c3c4c(sc3n2)CCCC4)c1. The van der Waals surface area contributed by atoms with Gasteiger partial charge >= 0.3 is 0 Å². The average Bonchev–Trinajstić information content (AvgIpc) is 2.86. The van der Waals surface area contributed by atoms with Crippen LogP contribution in [0.25, 0.3) is 21.6 Å². The number of nitrogens with zero attached hydrogens (tertiary/aromatic N) is 2. The van der Waals surface area contributed by atoms with Crippen molar-refractivity contribution in [1.29, 1.82) is 0 Å². The van der Waals surface area contributed by atoms with Crippen LogP contribution in [0.5, 0.6) is 0 Å². The number of hydrogen-bond acceptors (Lipinski definition) is 3. The molecule has 4 rings (SSSR count). The van der Waals surface area contributed by atoms with E-state index in [1.54, 1.807) is 23.5 Å². The van der Waals surface area contributed by atoms with Gasteiger partial charge in [0.1, 0.15) is 15.8 Å². The maximum absolute atomic E-state index is 13.4. The molecule has 0 saturated carbocycles. The summed E-state index contributed by atoms with van der Waals surface area (Å²) >= 11 is 8.09. The lowest BCUT2D eigenvalue weighted by Gasteiger charge is -2.10. The summed E-state index contributed by atoms with van der Waals surface area (Å²) < 4.78 is 13.4. The van der Waals surface area contributed by atoms with Crippen molar-refractivity contribution in [3.05, 3.63) is 45.7 Å². The molecule has 21 heavy (non-hydrogen) atoms. The first-order chi connectivity index (χ1) is 10.2. The van der Waals surface area contributed by atoms with Crippen LogP contribution < -0.4 is 0 Å². The minimum atomic E-state index is -0.294. The minimum Gasteiger partial charge on any atom is -0.217 e. The van der Waals surface area contributed by atoms with Gasteiger partial charge in [0.05, 0.1) is 5.39 Å². The fourth-order valence-electron chi connectivity index (χ4n) is 2.87. The molecule has 2 heterocycles. The summed E-state index contributed by atoms with van der Waals surface area (Å²) in [4.78, 5) is 11.3. The summed E-state index contributed by atoms with van der Waals surface area (Å²) in [6, 6.07) is 6.30. The number of fused-ring (bicyclic) bond motifs is 3. The molecule has 0 aliphatic heterocycles. The highest BCUT2D eigenvalue weighted by molar-refractivity contribution is 7.19. The normalized spacial score (nSPS) is 14.4. The molecule has 5 heteroatoms. The second-order valence-corrected chi connectivity index (χ2v) is 6.68. The molecule has 0 radical (unpaired) electrons. The van der Waals surface area contributed by atoms with Gasteiger partial charge in [0.2, 0.25) is 0 Å². The van der Waals surface area contributed by atoms with Crippen molar-refractivity contribution in [1.82, 2.24) is 9.97 Å². The number of aryl methyl sites for hydroxylation is 2. The van der Waals surface area contributed by atoms with Gasteiger partial charge in [-0.3, -0.25) is 0 Å². The Kier molecular flexibility index (Phi) is 3.16. The summed E-state index contributed by atoms with van der Waals surface area (Å²) in [6.45, 7) is 0. The van der Waals surface area contributed by atoms with Crippen LogP contribution in [0.15, 0.2) is 24.3 Å². The molecule has 1 aromatic carbocycles. The van der Waals surface area contributed by atoms with E-state index >= 15 is 0 Å². The molecular weight excluding hydrogens is 307 g/mol. The van der Waals surface area contributed by atoms with E-state index in [0.29, 0.717) is 16.5 Å².